The highest BCUT2D eigenvalue weighted by atomic mass is 16.2. The summed E-state index contributed by atoms with van der Waals surface area (Å²) in [5.74, 6) is -1.87. The Labute approximate surface area is 169 Å². The Morgan fingerprint density at radius 2 is 1.86 bits per heavy atom. The third-order valence-corrected chi connectivity index (χ3v) is 6.08. The monoisotopic (exact) mass is 398 g/mol. The zero-order valence-corrected chi connectivity index (χ0v) is 16.6. The second-order valence-corrected chi connectivity index (χ2v) is 8.00. The van der Waals surface area contributed by atoms with Crippen molar-refractivity contribution in [3.05, 3.63) is 34.9 Å². The highest BCUT2D eigenvalue weighted by Gasteiger charge is 2.44. The maximum atomic E-state index is 13.0. The average Bonchev–Trinajstić information content (AvgIpc) is 2.94. The number of rotatable bonds is 5. The van der Waals surface area contributed by atoms with Gasteiger partial charge in [-0.3, -0.25) is 34.3 Å². The van der Waals surface area contributed by atoms with E-state index in [1.165, 1.54) is 6.42 Å². The number of likely N-dealkylation sites (N-methyl/N-ethyl adjacent to an activating group) is 1. The van der Waals surface area contributed by atoms with Gasteiger partial charge in [-0.15, -0.1) is 0 Å². The van der Waals surface area contributed by atoms with Gasteiger partial charge in [0.1, 0.15) is 6.04 Å². The Kier molecular flexibility index (Phi) is 5.47. The van der Waals surface area contributed by atoms with Crippen molar-refractivity contribution in [2.24, 2.45) is 0 Å². The molecule has 8 nitrogen and oxygen atoms in total. The molecule has 0 spiro atoms. The smallest absolute Gasteiger partial charge is 0.262 e. The van der Waals surface area contributed by atoms with Crippen molar-refractivity contribution < 1.29 is 19.2 Å². The standard InChI is InChI=1S/C21H26N4O4/c1-22-11-14-4-2-3-9-24(14)12-13-5-6-15-16(10-13)21(29)25(20(15)28)17-7-8-18(26)23-19(17)27/h5-6,10,14,17,22H,2-4,7-9,11-12H2,1H3,(H,23,26,27)/t14-,17?/m0/s1. The normalized spacial score (nSPS) is 25.3. The fourth-order valence-electron chi connectivity index (χ4n) is 4.59. The van der Waals surface area contributed by atoms with Crippen LogP contribution in [-0.2, 0) is 16.1 Å². The van der Waals surface area contributed by atoms with Gasteiger partial charge >= 0.3 is 0 Å². The first-order valence-electron chi connectivity index (χ1n) is 10.2. The molecule has 1 unspecified atom stereocenters. The van der Waals surface area contributed by atoms with Crippen molar-refractivity contribution >= 4 is 23.6 Å². The fourth-order valence-corrected chi connectivity index (χ4v) is 4.59. The van der Waals surface area contributed by atoms with Crippen LogP contribution in [0.4, 0.5) is 0 Å². The van der Waals surface area contributed by atoms with E-state index in [0.29, 0.717) is 17.2 Å². The summed E-state index contributed by atoms with van der Waals surface area (Å²) in [5.41, 5.74) is 1.66. The zero-order valence-electron chi connectivity index (χ0n) is 16.6. The van der Waals surface area contributed by atoms with Gasteiger partial charge in [-0.05, 0) is 50.6 Å². The van der Waals surface area contributed by atoms with Crippen molar-refractivity contribution in [2.45, 2.75) is 50.7 Å². The zero-order chi connectivity index (χ0) is 20.5. The first-order valence-corrected chi connectivity index (χ1v) is 10.2. The highest BCUT2D eigenvalue weighted by Crippen LogP contribution is 2.29. The molecule has 29 heavy (non-hydrogen) atoms. The van der Waals surface area contributed by atoms with Gasteiger partial charge in [0.05, 0.1) is 11.1 Å². The van der Waals surface area contributed by atoms with Crippen molar-refractivity contribution in [2.75, 3.05) is 20.1 Å². The molecule has 0 radical (unpaired) electrons. The van der Waals surface area contributed by atoms with Crippen LogP contribution >= 0.6 is 0 Å². The van der Waals surface area contributed by atoms with E-state index in [0.717, 1.165) is 42.9 Å². The number of piperidine rings is 2. The van der Waals surface area contributed by atoms with Gasteiger partial charge in [0, 0.05) is 25.6 Å². The number of carbonyl (C=O) groups is 4. The maximum Gasteiger partial charge on any atom is 0.262 e. The topological polar surface area (TPSA) is 98.8 Å². The van der Waals surface area contributed by atoms with Gasteiger partial charge in [0.2, 0.25) is 11.8 Å². The van der Waals surface area contributed by atoms with Crippen LogP contribution in [0.25, 0.3) is 0 Å². The van der Waals surface area contributed by atoms with E-state index < -0.39 is 23.8 Å². The summed E-state index contributed by atoms with van der Waals surface area (Å²) >= 11 is 0. The molecule has 0 bridgehead atoms. The van der Waals surface area contributed by atoms with Gasteiger partial charge in [-0.2, -0.15) is 0 Å². The van der Waals surface area contributed by atoms with Crippen LogP contribution in [0.15, 0.2) is 18.2 Å². The molecule has 3 aliphatic heterocycles. The number of amides is 4. The van der Waals surface area contributed by atoms with Crippen molar-refractivity contribution in [1.82, 2.24) is 20.4 Å². The second kappa shape index (κ2) is 8.04. The lowest BCUT2D eigenvalue weighted by Gasteiger charge is -2.35. The van der Waals surface area contributed by atoms with Gasteiger partial charge < -0.3 is 5.32 Å². The largest absolute Gasteiger partial charge is 0.318 e. The molecule has 2 N–H and O–H groups in total. The molecule has 3 aliphatic rings. The van der Waals surface area contributed by atoms with Crippen molar-refractivity contribution in [3.63, 3.8) is 0 Å². The Hall–Kier alpha value is -2.58. The van der Waals surface area contributed by atoms with E-state index in [1.807, 2.05) is 13.1 Å². The van der Waals surface area contributed by atoms with Crippen LogP contribution in [0.1, 0.15) is 58.4 Å². The van der Waals surface area contributed by atoms with Crippen LogP contribution in [0.3, 0.4) is 0 Å². The molecule has 0 saturated carbocycles. The molecule has 154 valence electrons. The summed E-state index contributed by atoms with van der Waals surface area (Å²) in [6, 6.07) is 4.90. The Morgan fingerprint density at radius 3 is 2.62 bits per heavy atom. The minimum atomic E-state index is -0.925. The highest BCUT2D eigenvalue weighted by molar-refractivity contribution is 6.23. The summed E-state index contributed by atoms with van der Waals surface area (Å²) < 4.78 is 0. The number of fused-ring (bicyclic) bond motifs is 1. The quantitative estimate of drug-likeness (QED) is 0.707. The fraction of sp³-hybridized carbons (Fsp3) is 0.524. The maximum absolute atomic E-state index is 13.0. The molecular weight excluding hydrogens is 372 g/mol. The molecule has 2 saturated heterocycles. The molecule has 2 atom stereocenters. The molecule has 1 aromatic carbocycles. The molecule has 8 heteroatoms. The number of hydrogen-bond acceptors (Lipinski definition) is 6. The van der Waals surface area contributed by atoms with E-state index in [-0.39, 0.29) is 18.7 Å². The minimum absolute atomic E-state index is 0.122. The Balaban J connectivity index is 1.54. The summed E-state index contributed by atoms with van der Waals surface area (Å²) in [5, 5.41) is 5.47. The van der Waals surface area contributed by atoms with Gasteiger partial charge in [0.15, 0.2) is 0 Å². The van der Waals surface area contributed by atoms with Crippen LogP contribution in [0.2, 0.25) is 0 Å². The molecule has 4 rings (SSSR count). The molecule has 2 fully saturated rings. The molecule has 1 aromatic rings. The number of nitrogens with zero attached hydrogens (tertiary/aromatic N) is 2. The van der Waals surface area contributed by atoms with Crippen molar-refractivity contribution in [3.8, 4) is 0 Å². The minimum Gasteiger partial charge on any atom is -0.318 e. The third kappa shape index (κ3) is 3.70. The molecular formula is C21H26N4O4. The van der Waals surface area contributed by atoms with E-state index in [4.69, 9.17) is 0 Å². The lowest BCUT2D eigenvalue weighted by Crippen LogP contribution is -2.54. The SMILES string of the molecule is CNC[C@@H]1CCCCN1Cc1ccc2c(c1)C(=O)N(C1CCC(=O)NC1=O)C2=O. The van der Waals surface area contributed by atoms with Crippen LogP contribution in [-0.4, -0.2) is 65.6 Å². The number of likely N-dealkylation sites (tertiary alicyclic amines) is 1. The molecule has 3 heterocycles. The summed E-state index contributed by atoms with van der Waals surface area (Å²) in [7, 11) is 1.95. The lowest BCUT2D eigenvalue weighted by molar-refractivity contribution is -0.136. The second-order valence-electron chi connectivity index (χ2n) is 8.00. The number of carbonyl (C=O) groups excluding carboxylic acids is 4. The lowest BCUT2D eigenvalue weighted by atomic mass is 10.00. The van der Waals surface area contributed by atoms with Gasteiger partial charge in [-0.25, -0.2) is 0 Å². The average molecular weight is 398 g/mol. The summed E-state index contributed by atoms with van der Waals surface area (Å²) in [4.78, 5) is 52.8. The number of hydrogen-bond donors (Lipinski definition) is 2. The summed E-state index contributed by atoms with van der Waals surface area (Å²) in [6.07, 6.45) is 3.82. The van der Waals surface area contributed by atoms with E-state index in [9.17, 15) is 19.2 Å². The van der Waals surface area contributed by atoms with E-state index >= 15 is 0 Å². The van der Waals surface area contributed by atoms with Crippen LogP contribution < -0.4 is 10.6 Å². The van der Waals surface area contributed by atoms with E-state index in [2.05, 4.69) is 15.5 Å². The molecule has 4 amide bonds. The van der Waals surface area contributed by atoms with Crippen LogP contribution in [0.5, 0.6) is 0 Å². The van der Waals surface area contributed by atoms with Crippen LogP contribution in [0, 0.1) is 0 Å². The van der Waals surface area contributed by atoms with E-state index in [1.54, 1.807) is 12.1 Å². The number of imide groups is 2. The van der Waals surface area contributed by atoms with Gasteiger partial charge in [-0.1, -0.05) is 12.5 Å². The van der Waals surface area contributed by atoms with Gasteiger partial charge in [0.25, 0.3) is 11.8 Å². The Morgan fingerprint density at radius 1 is 1.07 bits per heavy atom. The number of nitrogens with one attached hydrogen (secondary N) is 2. The summed E-state index contributed by atoms with van der Waals surface area (Å²) in [6.45, 7) is 2.66. The predicted molar refractivity (Wildman–Crippen MR) is 105 cm³/mol. The third-order valence-electron chi connectivity index (χ3n) is 6.08. The first kappa shape index (κ1) is 19.7. The predicted octanol–water partition coefficient (Wildman–Crippen LogP) is 0.662. The molecule has 0 aromatic heterocycles. The number of benzene rings is 1. The molecule has 0 aliphatic carbocycles. The Bertz CT molecular complexity index is 866. The first-order chi connectivity index (χ1) is 14.0. The van der Waals surface area contributed by atoms with Crippen molar-refractivity contribution in [1.29, 1.82) is 0 Å².